The van der Waals surface area contributed by atoms with Gasteiger partial charge in [-0.05, 0) is 36.8 Å². The van der Waals surface area contributed by atoms with Crippen LogP contribution >= 0.6 is 11.6 Å². The molecule has 0 atom stereocenters. The standard InChI is InChI=1S/C14H12ClN3/c1-9-3-4-12-11(7-9)17-14(18(12)2)10-5-6-16-13(15)8-10/h3-8H,1-2H3. The first-order valence-electron chi connectivity index (χ1n) is 5.70. The highest BCUT2D eigenvalue weighted by molar-refractivity contribution is 6.29. The van der Waals surface area contributed by atoms with Crippen LogP contribution in [0.2, 0.25) is 5.15 Å². The maximum Gasteiger partial charge on any atom is 0.141 e. The number of hydrogen-bond acceptors (Lipinski definition) is 2. The van der Waals surface area contributed by atoms with Gasteiger partial charge in [0.1, 0.15) is 11.0 Å². The first-order valence-corrected chi connectivity index (χ1v) is 6.08. The van der Waals surface area contributed by atoms with E-state index in [0.717, 1.165) is 22.4 Å². The van der Waals surface area contributed by atoms with E-state index in [1.165, 1.54) is 5.56 Å². The molecule has 2 heterocycles. The molecule has 0 saturated carbocycles. The molecule has 1 aromatic carbocycles. The molecular formula is C14H12ClN3. The SMILES string of the molecule is Cc1ccc2c(c1)nc(-c1ccnc(Cl)c1)n2C. The molecule has 3 nitrogen and oxygen atoms in total. The Morgan fingerprint density at radius 2 is 2.00 bits per heavy atom. The predicted octanol–water partition coefficient (Wildman–Crippen LogP) is 3.60. The Kier molecular flexibility index (Phi) is 2.56. The zero-order valence-corrected chi connectivity index (χ0v) is 10.9. The summed E-state index contributed by atoms with van der Waals surface area (Å²) in [5.74, 6) is 0.903. The van der Waals surface area contributed by atoms with Crippen molar-refractivity contribution in [2.75, 3.05) is 0 Å². The van der Waals surface area contributed by atoms with Crippen molar-refractivity contribution in [2.45, 2.75) is 6.92 Å². The van der Waals surface area contributed by atoms with Gasteiger partial charge in [0, 0.05) is 18.8 Å². The van der Waals surface area contributed by atoms with Gasteiger partial charge in [0.25, 0.3) is 0 Å². The smallest absolute Gasteiger partial charge is 0.141 e. The molecule has 90 valence electrons. The summed E-state index contributed by atoms with van der Waals surface area (Å²) in [5.41, 5.74) is 4.30. The van der Waals surface area contributed by atoms with Gasteiger partial charge in [0.2, 0.25) is 0 Å². The third-order valence-corrected chi connectivity index (χ3v) is 3.23. The molecule has 0 aliphatic heterocycles. The number of hydrogen-bond donors (Lipinski definition) is 0. The molecule has 4 heteroatoms. The van der Waals surface area contributed by atoms with Gasteiger partial charge in [-0.15, -0.1) is 0 Å². The Bertz CT molecular complexity index is 731. The van der Waals surface area contributed by atoms with Crippen LogP contribution in [-0.4, -0.2) is 14.5 Å². The number of nitrogens with zero attached hydrogens (tertiary/aromatic N) is 3. The number of aromatic nitrogens is 3. The summed E-state index contributed by atoms with van der Waals surface area (Å²) in [6.07, 6.45) is 1.70. The maximum absolute atomic E-state index is 5.92. The second-order valence-electron chi connectivity index (χ2n) is 4.35. The van der Waals surface area contributed by atoms with Gasteiger partial charge in [-0.25, -0.2) is 9.97 Å². The van der Waals surface area contributed by atoms with Crippen molar-refractivity contribution in [3.05, 3.63) is 47.2 Å². The number of aryl methyl sites for hydroxylation is 2. The minimum atomic E-state index is 0.482. The highest BCUT2D eigenvalue weighted by Gasteiger charge is 2.10. The second kappa shape index (κ2) is 4.10. The van der Waals surface area contributed by atoms with Gasteiger partial charge < -0.3 is 4.57 Å². The van der Waals surface area contributed by atoms with E-state index in [9.17, 15) is 0 Å². The molecule has 2 aromatic heterocycles. The number of benzene rings is 1. The normalized spacial score (nSPS) is 11.1. The molecule has 0 aliphatic carbocycles. The lowest BCUT2D eigenvalue weighted by Crippen LogP contribution is -1.92. The maximum atomic E-state index is 5.92. The summed E-state index contributed by atoms with van der Waals surface area (Å²) in [6, 6.07) is 10.0. The van der Waals surface area contributed by atoms with E-state index in [2.05, 4.69) is 39.7 Å². The minimum absolute atomic E-state index is 0.482. The molecule has 3 aromatic rings. The van der Waals surface area contributed by atoms with Crippen molar-refractivity contribution in [3.8, 4) is 11.4 Å². The van der Waals surface area contributed by atoms with Crippen LogP contribution in [0.25, 0.3) is 22.4 Å². The van der Waals surface area contributed by atoms with E-state index in [1.54, 1.807) is 6.20 Å². The first kappa shape index (κ1) is 11.2. The average Bonchev–Trinajstić information content (AvgIpc) is 2.66. The van der Waals surface area contributed by atoms with Gasteiger partial charge in [-0.3, -0.25) is 0 Å². The summed E-state index contributed by atoms with van der Waals surface area (Å²) in [7, 11) is 2.01. The molecule has 0 spiro atoms. The summed E-state index contributed by atoms with van der Waals surface area (Å²) < 4.78 is 2.07. The zero-order valence-electron chi connectivity index (χ0n) is 10.2. The van der Waals surface area contributed by atoms with Crippen molar-refractivity contribution in [3.63, 3.8) is 0 Å². The second-order valence-corrected chi connectivity index (χ2v) is 4.74. The first-order chi connectivity index (χ1) is 8.65. The van der Waals surface area contributed by atoms with Gasteiger partial charge >= 0.3 is 0 Å². The van der Waals surface area contributed by atoms with Crippen LogP contribution in [0.1, 0.15) is 5.56 Å². The summed E-state index contributed by atoms with van der Waals surface area (Å²) in [4.78, 5) is 8.65. The summed E-state index contributed by atoms with van der Waals surface area (Å²) in [5, 5.41) is 0.482. The van der Waals surface area contributed by atoms with Crippen LogP contribution in [0.4, 0.5) is 0 Å². The number of halogens is 1. The molecule has 0 amide bonds. The van der Waals surface area contributed by atoms with Crippen LogP contribution < -0.4 is 0 Å². The molecule has 0 fully saturated rings. The summed E-state index contributed by atoms with van der Waals surface area (Å²) >= 11 is 5.92. The summed E-state index contributed by atoms with van der Waals surface area (Å²) in [6.45, 7) is 2.07. The molecule has 0 saturated heterocycles. The van der Waals surface area contributed by atoms with E-state index >= 15 is 0 Å². The fraction of sp³-hybridized carbons (Fsp3) is 0.143. The highest BCUT2D eigenvalue weighted by Crippen LogP contribution is 2.25. The van der Waals surface area contributed by atoms with E-state index in [1.807, 2.05) is 19.2 Å². The molecule has 0 aliphatic rings. The molecule has 0 bridgehead atoms. The quantitative estimate of drug-likeness (QED) is 0.624. The molecular weight excluding hydrogens is 246 g/mol. The van der Waals surface area contributed by atoms with Crippen LogP contribution in [0, 0.1) is 6.92 Å². The topological polar surface area (TPSA) is 30.7 Å². The lowest BCUT2D eigenvalue weighted by atomic mass is 10.2. The molecule has 3 rings (SSSR count). The van der Waals surface area contributed by atoms with Gasteiger partial charge in [-0.2, -0.15) is 0 Å². The number of rotatable bonds is 1. The Hall–Kier alpha value is -1.87. The van der Waals surface area contributed by atoms with Crippen molar-refractivity contribution in [1.29, 1.82) is 0 Å². The highest BCUT2D eigenvalue weighted by atomic mass is 35.5. The largest absolute Gasteiger partial charge is 0.327 e. The monoisotopic (exact) mass is 257 g/mol. The van der Waals surface area contributed by atoms with Crippen molar-refractivity contribution in [2.24, 2.45) is 7.05 Å². The van der Waals surface area contributed by atoms with E-state index in [4.69, 9.17) is 11.6 Å². The molecule has 0 radical (unpaired) electrons. The third-order valence-electron chi connectivity index (χ3n) is 3.02. The Morgan fingerprint density at radius 1 is 1.17 bits per heavy atom. The number of pyridine rings is 1. The Balaban J connectivity index is 2.27. The third kappa shape index (κ3) is 1.77. The van der Waals surface area contributed by atoms with Crippen LogP contribution in [0.15, 0.2) is 36.5 Å². The van der Waals surface area contributed by atoms with Crippen LogP contribution in [0.3, 0.4) is 0 Å². The minimum Gasteiger partial charge on any atom is -0.327 e. The van der Waals surface area contributed by atoms with Crippen LogP contribution in [0.5, 0.6) is 0 Å². The van der Waals surface area contributed by atoms with Gasteiger partial charge in [0.05, 0.1) is 11.0 Å². The lowest BCUT2D eigenvalue weighted by molar-refractivity contribution is 0.958. The van der Waals surface area contributed by atoms with Crippen molar-refractivity contribution in [1.82, 2.24) is 14.5 Å². The molecule has 18 heavy (non-hydrogen) atoms. The fourth-order valence-electron chi connectivity index (χ4n) is 2.11. The van der Waals surface area contributed by atoms with Crippen LogP contribution in [-0.2, 0) is 7.05 Å². The average molecular weight is 258 g/mol. The van der Waals surface area contributed by atoms with Gasteiger partial charge in [0.15, 0.2) is 0 Å². The molecule has 0 N–H and O–H groups in total. The Labute approximate surface area is 110 Å². The number of imidazole rings is 1. The zero-order chi connectivity index (χ0) is 12.7. The van der Waals surface area contributed by atoms with E-state index in [-0.39, 0.29) is 0 Å². The van der Waals surface area contributed by atoms with Crippen molar-refractivity contribution >= 4 is 22.6 Å². The Morgan fingerprint density at radius 3 is 2.78 bits per heavy atom. The fourth-order valence-corrected chi connectivity index (χ4v) is 2.28. The van der Waals surface area contributed by atoms with E-state index in [0.29, 0.717) is 5.15 Å². The molecule has 0 unspecified atom stereocenters. The van der Waals surface area contributed by atoms with E-state index < -0.39 is 0 Å². The predicted molar refractivity (Wildman–Crippen MR) is 73.7 cm³/mol. The number of fused-ring (bicyclic) bond motifs is 1. The van der Waals surface area contributed by atoms with Gasteiger partial charge in [-0.1, -0.05) is 17.7 Å². The lowest BCUT2D eigenvalue weighted by Gasteiger charge is -2.02. The van der Waals surface area contributed by atoms with Crippen molar-refractivity contribution < 1.29 is 0 Å².